The Morgan fingerprint density at radius 3 is 1.41 bits per heavy atom. The number of pyridine rings is 3. The van der Waals surface area contributed by atoms with Gasteiger partial charge >= 0.3 is 0 Å². The largest absolute Gasteiger partial charge is 0.249 e. The van der Waals surface area contributed by atoms with Gasteiger partial charge in [0.1, 0.15) is 13.8 Å². The summed E-state index contributed by atoms with van der Waals surface area (Å²) in [5.74, 6) is 0. The minimum Gasteiger partial charge on any atom is -0.249 e. The number of nitrogens with zero attached hydrogens (tertiary/aromatic N) is 3. The molecule has 3 heterocycles. The molecule has 148 valence electrons. The molecule has 0 bridgehead atoms. The average Bonchev–Trinajstić information content (AvgIpc) is 2.71. The lowest BCUT2D eigenvalue weighted by Gasteiger charge is -1.99. The Labute approximate surface area is 222 Å². The molecular weight excluding hydrogens is 776 g/mol. The quantitative estimate of drug-likeness (QED) is 0.148. The third-order valence-electron chi connectivity index (χ3n) is 2.30. The Hall–Kier alpha value is 1.23. The molecule has 1 unspecified atom stereocenters. The van der Waals surface area contributed by atoms with Crippen LogP contribution in [0.3, 0.4) is 0 Å². The van der Waals surface area contributed by atoms with Gasteiger partial charge in [0.2, 0.25) is 0 Å². The fourth-order valence-corrected chi connectivity index (χ4v) is 3.03. The molecule has 3 nitrogen and oxygen atoms in total. The van der Waals surface area contributed by atoms with Gasteiger partial charge in [-0.1, -0.05) is 42.6 Å². The van der Waals surface area contributed by atoms with E-state index >= 15 is 0 Å². The average molecular weight is 794 g/mol. The molecule has 0 aliphatic heterocycles. The minimum absolute atomic E-state index is 0. The third-order valence-corrected chi connectivity index (χ3v) is 5.25. The van der Waals surface area contributed by atoms with Crippen LogP contribution in [-0.2, 0) is 0 Å². The molecule has 0 amide bonds. The zero-order valence-corrected chi connectivity index (χ0v) is 24.2. The van der Waals surface area contributed by atoms with Gasteiger partial charge in [0.15, 0.2) is 0 Å². The second-order valence-electron chi connectivity index (χ2n) is 4.03. The molecule has 3 aromatic rings. The summed E-state index contributed by atoms with van der Waals surface area (Å²) in [5.41, 5.74) is 0. The first-order valence-corrected chi connectivity index (χ1v) is 13.9. The van der Waals surface area contributed by atoms with Crippen molar-refractivity contribution in [2.75, 3.05) is 0 Å². The molecule has 0 saturated carbocycles. The highest BCUT2D eigenvalue weighted by Gasteiger charge is 1.99. The molecule has 0 aromatic carbocycles. The van der Waals surface area contributed by atoms with Crippen molar-refractivity contribution in [1.82, 2.24) is 15.0 Å². The van der Waals surface area contributed by atoms with Gasteiger partial charge in [-0.2, -0.15) is 13.4 Å². The molecule has 1 atom stereocenters. The highest BCUT2D eigenvalue weighted by atomic mass is 127. The number of aromatic nitrogens is 3. The Bertz CT molecular complexity index is 693. The van der Waals surface area contributed by atoms with E-state index < -0.39 is 0 Å². The van der Waals surface area contributed by atoms with Crippen molar-refractivity contribution in [2.24, 2.45) is 0 Å². The molecule has 0 spiro atoms. The van der Waals surface area contributed by atoms with Crippen LogP contribution in [0.1, 0.15) is 7.43 Å². The predicted octanol–water partition coefficient (Wildman–Crippen LogP) is 8.52. The maximum Gasteiger partial charge on any atom is 0.102 e. The molecule has 0 N–H and O–H groups in total. The van der Waals surface area contributed by atoms with Gasteiger partial charge in [-0.3, -0.25) is 0 Å². The van der Waals surface area contributed by atoms with E-state index in [2.05, 4.69) is 122 Å². The fourth-order valence-electron chi connectivity index (χ4n) is 1.31. The Morgan fingerprint density at radius 2 is 1.15 bits per heavy atom. The van der Waals surface area contributed by atoms with Crippen LogP contribution < -0.4 is 0 Å². The monoisotopic (exact) mass is 790 g/mol. The molecule has 27 heavy (non-hydrogen) atoms. The predicted molar refractivity (Wildman–Crippen MR) is 148 cm³/mol. The van der Waals surface area contributed by atoms with Gasteiger partial charge in [0.05, 0.1) is 1.12 Å². The third kappa shape index (κ3) is 14.0. The smallest absolute Gasteiger partial charge is 0.102 e. The van der Waals surface area contributed by atoms with Gasteiger partial charge < -0.3 is 0 Å². The lowest BCUT2D eigenvalue weighted by Crippen LogP contribution is -1.81. The first-order chi connectivity index (χ1) is 13.0. The zero-order valence-electron chi connectivity index (χ0n) is 13.9. The molecule has 11 heteroatoms. The van der Waals surface area contributed by atoms with E-state index in [1.165, 1.54) is 0 Å². The van der Waals surface area contributed by atoms with Crippen LogP contribution in [0.5, 0.6) is 0 Å². The fraction of sp³-hybridized carbons (Fsp3) is 0.0625. The van der Waals surface area contributed by atoms with Crippen LogP contribution in [0.4, 0.5) is 0 Å². The first kappa shape index (κ1) is 28.2. The van der Waals surface area contributed by atoms with Gasteiger partial charge in [-0.05, 0) is 107 Å². The van der Waals surface area contributed by atoms with Crippen molar-refractivity contribution in [2.45, 2.75) is 17.5 Å². The van der Waals surface area contributed by atoms with Gasteiger partial charge in [0.25, 0.3) is 0 Å². The minimum atomic E-state index is 0. The van der Waals surface area contributed by atoms with E-state index in [-0.39, 0.29) is 7.43 Å². The molecule has 0 fully saturated rings. The van der Waals surface area contributed by atoms with E-state index in [9.17, 15) is 0 Å². The van der Waals surface area contributed by atoms with Crippen LogP contribution in [0.15, 0.2) is 78.5 Å². The topological polar surface area (TPSA) is 38.7 Å². The highest BCUT2D eigenvalue weighted by Crippen LogP contribution is 2.25. The van der Waals surface area contributed by atoms with Crippen LogP contribution >= 0.6 is 119 Å². The Kier molecular flexibility index (Phi) is 18.9. The molecule has 0 aliphatic carbocycles. The summed E-state index contributed by atoms with van der Waals surface area (Å²) in [6.07, 6.45) is 5.34. The number of rotatable bonds is 2. The number of hydrogen-bond acceptors (Lipinski definition) is 4. The lowest BCUT2D eigenvalue weighted by molar-refractivity contribution is 1.08. The van der Waals surface area contributed by atoms with Crippen molar-refractivity contribution in [3.8, 4) is 0 Å². The van der Waals surface area contributed by atoms with E-state index in [1.807, 2.05) is 36.4 Å². The second kappa shape index (κ2) is 18.0. The van der Waals surface area contributed by atoms with E-state index in [0.29, 0.717) is 0 Å². The SMILES string of the molecule is Brc1ccc(I)nc1.Brc1ccc(Sc2ccc(Br)cn2)nc1.C.PBr.[2H]S. The van der Waals surface area contributed by atoms with Crippen molar-refractivity contribution in [3.63, 3.8) is 0 Å². The first-order valence-electron chi connectivity index (χ1n) is 6.87. The second-order valence-corrected chi connectivity index (χ2v) is 8.92. The molecule has 0 radical (unpaired) electrons. The summed E-state index contributed by atoms with van der Waals surface area (Å²) in [7, 11) is 2.23. The summed E-state index contributed by atoms with van der Waals surface area (Å²) < 4.78 is 9.45. The standard InChI is InChI=1S/C10H6Br2N2S.C5H3BrIN.CH4.BrH2P.H2S/c11-7-1-3-9(13-5-7)15-10-4-2-8(12)6-14-10;6-4-1-2-5(7)8-3-4;;1-2;/h1-6H;1-3H;1H4;2H2;1H2/i/hD. The summed E-state index contributed by atoms with van der Waals surface area (Å²) in [4.78, 5) is 12.5. The van der Waals surface area contributed by atoms with E-state index in [0.717, 1.165) is 27.2 Å². The van der Waals surface area contributed by atoms with Crippen molar-refractivity contribution in [3.05, 3.63) is 72.1 Å². The summed E-state index contributed by atoms with van der Waals surface area (Å²) in [5, 5.41) is 1.88. The zero-order chi connectivity index (χ0) is 20.7. The van der Waals surface area contributed by atoms with E-state index in [1.54, 1.807) is 30.4 Å². The van der Waals surface area contributed by atoms with Crippen LogP contribution in [0.2, 0.25) is 0 Å². The summed E-state index contributed by atoms with van der Waals surface area (Å²) in [6.45, 7) is 0. The Balaban J connectivity index is 0. The van der Waals surface area contributed by atoms with Crippen molar-refractivity contribution < 1.29 is 0 Å². The van der Waals surface area contributed by atoms with Gasteiger partial charge in [0, 0.05) is 32.0 Å². The van der Waals surface area contributed by atoms with Crippen LogP contribution in [-0.4, -0.2) is 16.1 Å². The molecule has 3 aromatic heterocycles. The number of halogens is 5. The van der Waals surface area contributed by atoms with Gasteiger partial charge in [-0.15, -0.1) is 0 Å². The summed E-state index contributed by atoms with van der Waals surface area (Å²) >= 11 is 19.3. The van der Waals surface area contributed by atoms with Gasteiger partial charge in [-0.25, -0.2) is 15.0 Å². The number of hydrogen-bond donors (Lipinski definition) is 0. The van der Waals surface area contributed by atoms with Crippen LogP contribution in [0.25, 0.3) is 0 Å². The van der Waals surface area contributed by atoms with Crippen molar-refractivity contribution >= 4 is 119 Å². The highest BCUT2D eigenvalue weighted by molar-refractivity contribution is 14.1. The van der Waals surface area contributed by atoms with Crippen LogP contribution in [0, 0.1) is 3.70 Å². The lowest BCUT2D eigenvalue weighted by atomic mass is 10.5. The maximum absolute atomic E-state index is 5.44. The Morgan fingerprint density at radius 1 is 0.778 bits per heavy atom. The van der Waals surface area contributed by atoms with E-state index in [4.69, 9.17) is 1.12 Å². The molecule has 0 aliphatic rings. The maximum atomic E-state index is 5.44. The molecule has 0 saturated heterocycles. The van der Waals surface area contributed by atoms with Crippen molar-refractivity contribution in [1.29, 1.82) is 1.12 Å². The summed E-state index contributed by atoms with van der Waals surface area (Å²) in [6, 6.07) is 11.8. The normalized spacial score (nSPS) is 8.93. The molecule has 3 rings (SSSR count). The molecular formula is C16H17Br4IN3PS2.